The standard InChI is InChI=1S/C14H18N6OS/c1-19(12-2-5-15-10-17-12)11-3-7-20(8-4-11)14(21)18-13-16-6-9-22-13/h2,5-6,9-11H,3-4,7-8H2,1H3,(H,16,18,21). The van der Waals surface area contributed by atoms with Crippen LogP contribution < -0.4 is 10.2 Å². The number of nitrogens with one attached hydrogen (secondary N) is 1. The Bertz CT molecular complexity index is 597. The molecule has 0 bridgehead atoms. The number of carbonyl (C=O) groups excluding carboxylic acids is 1. The molecule has 1 N–H and O–H groups in total. The Morgan fingerprint density at radius 3 is 2.82 bits per heavy atom. The lowest BCUT2D eigenvalue weighted by molar-refractivity contribution is 0.194. The highest BCUT2D eigenvalue weighted by atomic mass is 32.1. The predicted octanol–water partition coefficient (Wildman–Crippen LogP) is 2.07. The lowest BCUT2D eigenvalue weighted by Gasteiger charge is -2.37. The van der Waals surface area contributed by atoms with Gasteiger partial charge in [0.05, 0.1) is 0 Å². The van der Waals surface area contributed by atoms with Gasteiger partial charge in [-0.1, -0.05) is 0 Å². The van der Waals surface area contributed by atoms with E-state index in [-0.39, 0.29) is 6.03 Å². The Balaban J connectivity index is 1.53. The van der Waals surface area contributed by atoms with Crippen LogP contribution in [0.2, 0.25) is 0 Å². The second-order valence-corrected chi connectivity index (χ2v) is 6.06. The Morgan fingerprint density at radius 1 is 1.36 bits per heavy atom. The van der Waals surface area contributed by atoms with Crippen LogP contribution in [0.3, 0.4) is 0 Å². The fourth-order valence-electron chi connectivity index (χ4n) is 2.59. The zero-order chi connectivity index (χ0) is 15.4. The van der Waals surface area contributed by atoms with E-state index in [9.17, 15) is 4.79 Å². The summed E-state index contributed by atoms with van der Waals surface area (Å²) in [6.07, 6.45) is 6.83. The van der Waals surface area contributed by atoms with Crippen LogP contribution in [0.25, 0.3) is 0 Å². The van der Waals surface area contributed by atoms with Gasteiger partial charge in [-0.15, -0.1) is 11.3 Å². The molecule has 22 heavy (non-hydrogen) atoms. The molecule has 0 saturated carbocycles. The number of aromatic nitrogens is 3. The molecule has 8 heteroatoms. The topological polar surface area (TPSA) is 74.2 Å². The number of likely N-dealkylation sites (tertiary alicyclic amines) is 1. The molecule has 7 nitrogen and oxygen atoms in total. The van der Waals surface area contributed by atoms with E-state index in [1.807, 2.05) is 23.4 Å². The molecule has 0 aromatic carbocycles. The number of piperidine rings is 1. The van der Waals surface area contributed by atoms with Gasteiger partial charge in [-0.25, -0.2) is 19.7 Å². The number of hydrogen-bond acceptors (Lipinski definition) is 6. The first kappa shape index (κ1) is 14.7. The summed E-state index contributed by atoms with van der Waals surface area (Å²) in [4.78, 5) is 28.4. The quantitative estimate of drug-likeness (QED) is 0.937. The summed E-state index contributed by atoms with van der Waals surface area (Å²) < 4.78 is 0. The van der Waals surface area contributed by atoms with Crippen molar-refractivity contribution in [2.45, 2.75) is 18.9 Å². The molecular weight excluding hydrogens is 300 g/mol. The molecule has 3 rings (SSSR count). The first-order chi connectivity index (χ1) is 10.7. The molecule has 0 spiro atoms. The maximum atomic E-state index is 12.2. The van der Waals surface area contributed by atoms with Crippen LogP contribution in [-0.4, -0.2) is 52.1 Å². The Hall–Kier alpha value is -2.22. The van der Waals surface area contributed by atoms with Gasteiger partial charge in [-0.2, -0.15) is 0 Å². The minimum atomic E-state index is -0.0712. The van der Waals surface area contributed by atoms with Crippen molar-refractivity contribution in [3.8, 4) is 0 Å². The average molecular weight is 318 g/mol. The Morgan fingerprint density at radius 2 is 2.18 bits per heavy atom. The van der Waals surface area contributed by atoms with Crippen molar-refractivity contribution in [1.29, 1.82) is 0 Å². The van der Waals surface area contributed by atoms with E-state index in [1.165, 1.54) is 11.3 Å². The number of thiazole rings is 1. The molecule has 0 atom stereocenters. The summed E-state index contributed by atoms with van der Waals surface area (Å²) in [6.45, 7) is 1.47. The molecule has 0 unspecified atom stereocenters. The molecule has 2 aromatic heterocycles. The second-order valence-electron chi connectivity index (χ2n) is 5.16. The summed E-state index contributed by atoms with van der Waals surface area (Å²) >= 11 is 1.43. The fourth-order valence-corrected chi connectivity index (χ4v) is 3.11. The number of rotatable bonds is 3. The monoisotopic (exact) mass is 318 g/mol. The van der Waals surface area contributed by atoms with Gasteiger partial charge in [0.15, 0.2) is 5.13 Å². The SMILES string of the molecule is CN(c1ccncn1)C1CCN(C(=O)Nc2nccs2)CC1. The van der Waals surface area contributed by atoms with Gasteiger partial charge in [-0.05, 0) is 18.9 Å². The lowest BCUT2D eigenvalue weighted by Crippen LogP contribution is -2.47. The summed E-state index contributed by atoms with van der Waals surface area (Å²) in [5.41, 5.74) is 0. The van der Waals surface area contributed by atoms with E-state index >= 15 is 0 Å². The third kappa shape index (κ3) is 3.33. The largest absolute Gasteiger partial charge is 0.356 e. The summed E-state index contributed by atoms with van der Waals surface area (Å²) in [7, 11) is 2.04. The Kier molecular flexibility index (Phi) is 4.47. The summed E-state index contributed by atoms with van der Waals surface area (Å²) in [5.74, 6) is 0.917. The second kappa shape index (κ2) is 6.69. The molecule has 1 saturated heterocycles. The third-order valence-electron chi connectivity index (χ3n) is 3.87. The van der Waals surface area contributed by atoms with Crippen LogP contribution in [0.1, 0.15) is 12.8 Å². The van der Waals surface area contributed by atoms with Crippen molar-refractivity contribution in [2.24, 2.45) is 0 Å². The minimum absolute atomic E-state index is 0.0712. The number of anilines is 2. The van der Waals surface area contributed by atoms with Crippen LogP contribution in [-0.2, 0) is 0 Å². The first-order valence-corrected chi connectivity index (χ1v) is 8.06. The highest BCUT2D eigenvalue weighted by Gasteiger charge is 2.26. The van der Waals surface area contributed by atoms with Crippen molar-refractivity contribution in [1.82, 2.24) is 19.9 Å². The van der Waals surface area contributed by atoms with Crippen molar-refractivity contribution < 1.29 is 4.79 Å². The maximum Gasteiger partial charge on any atom is 0.323 e. The molecule has 0 radical (unpaired) electrons. The molecule has 2 aromatic rings. The van der Waals surface area contributed by atoms with Gasteiger partial charge >= 0.3 is 6.03 Å². The predicted molar refractivity (Wildman–Crippen MR) is 86.2 cm³/mol. The van der Waals surface area contributed by atoms with Crippen molar-refractivity contribution in [3.63, 3.8) is 0 Å². The molecule has 1 fully saturated rings. The minimum Gasteiger partial charge on any atom is -0.356 e. The number of hydrogen-bond donors (Lipinski definition) is 1. The number of urea groups is 1. The van der Waals surface area contributed by atoms with E-state index in [0.717, 1.165) is 31.7 Å². The third-order valence-corrected chi connectivity index (χ3v) is 4.56. The molecule has 0 aliphatic carbocycles. The van der Waals surface area contributed by atoms with E-state index in [4.69, 9.17) is 0 Å². The Labute approximate surface area is 133 Å². The molecule has 1 aliphatic rings. The van der Waals surface area contributed by atoms with Crippen LogP contribution in [0.4, 0.5) is 15.7 Å². The molecule has 3 heterocycles. The van der Waals surface area contributed by atoms with E-state index in [1.54, 1.807) is 18.7 Å². The van der Waals surface area contributed by atoms with Gasteiger partial charge in [0.25, 0.3) is 0 Å². The summed E-state index contributed by atoms with van der Waals surface area (Å²) in [6, 6.07) is 2.22. The van der Waals surface area contributed by atoms with Gasteiger partial charge in [0.2, 0.25) is 0 Å². The fraction of sp³-hybridized carbons (Fsp3) is 0.429. The van der Waals surface area contributed by atoms with Crippen molar-refractivity contribution in [3.05, 3.63) is 30.2 Å². The molecule has 1 aliphatic heterocycles. The van der Waals surface area contributed by atoms with Crippen LogP contribution >= 0.6 is 11.3 Å². The average Bonchev–Trinajstić information content (AvgIpc) is 3.08. The number of nitrogens with zero attached hydrogens (tertiary/aromatic N) is 5. The zero-order valence-electron chi connectivity index (χ0n) is 12.3. The molecule has 2 amide bonds. The van der Waals surface area contributed by atoms with Gasteiger partial charge in [0.1, 0.15) is 12.1 Å². The van der Waals surface area contributed by atoms with Crippen LogP contribution in [0, 0.1) is 0 Å². The molecule has 116 valence electrons. The summed E-state index contributed by atoms with van der Waals surface area (Å²) in [5, 5.41) is 5.32. The highest BCUT2D eigenvalue weighted by molar-refractivity contribution is 7.13. The van der Waals surface area contributed by atoms with Gasteiger partial charge in [0, 0.05) is 44.0 Å². The highest BCUT2D eigenvalue weighted by Crippen LogP contribution is 2.20. The van der Waals surface area contributed by atoms with E-state index < -0.39 is 0 Å². The number of carbonyl (C=O) groups is 1. The molecular formula is C14H18N6OS. The van der Waals surface area contributed by atoms with E-state index in [0.29, 0.717) is 11.2 Å². The van der Waals surface area contributed by atoms with Gasteiger partial charge in [-0.3, -0.25) is 5.32 Å². The van der Waals surface area contributed by atoms with Crippen LogP contribution in [0.5, 0.6) is 0 Å². The lowest BCUT2D eigenvalue weighted by atomic mass is 10.0. The van der Waals surface area contributed by atoms with Crippen molar-refractivity contribution in [2.75, 3.05) is 30.4 Å². The van der Waals surface area contributed by atoms with E-state index in [2.05, 4.69) is 25.2 Å². The van der Waals surface area contributed by atoms with Gasteiger partial charge < -0.3 is 9.80 Å². The first-order valence-electron chi connectivity index (χ1n) is 7.18. The maximum absolute atomic E-state index is 12.2. The normalized spacial score (nSPS) is 15.6. The van der Waals surface area contributed by atoms with Crippen LogP contribution in [0.15, 0.2) is 30.2 Å². The smallest absolute Gasteiger partial charge is 0.323 e. The number of amides is 2. The van der Waals surface area contributed by atoms with Crippen molar-refractivity contribution >= 4 is 28.3 Å². The zero-order valence-corrected chi connectivity index (χ0v) is 13.2.